The fourth-order valence-electron chi connectivity index (χ4n) is 1.64. The third-order valence-electron chi connectivity index (χ3n) is 2.58. The van der Waals surface area contributed by atoms with E-state index in [0.29, 0.717) is 5.69 Å². The Hall–Kier alpha value is -2.02. The zero-order chi connectivity index (χ0) is 14.7. The van der Waals surface area contributed by atoms with Crippen LogP contribution in [0.15, 0.2) is 35.1 Å². The predicted octanol–water partition coefficient (Wildman–Crippen LogP) is 3.42. The normalized spacial score (nSPS) is 10.2. The molecule has 1 amide bonds. The maximum Gasteiger partial charge on any atom is 0.259 e. The Bertz CT molecular complexity index is 641. The first-order valence-corrected chi connectivity index (χ1v) is 6.40. The highest BCUT2D eigenvalue weighted by Crippen LogP contribution is 2.25. The van der Waals surface area contributed by atoms with Crippen molar-refractivity contribution in [3.05, 3.63) is 52.3 Å². The first-order chi connectivity index (χ1) is 9.52. The molecule has 0 unspecified atom stereocenters. The molecule has 1 heterocycles. The summed E-state index contributed by atoms with van der Waals surface area (Å²) in [4.78, 5) is 15.9. The Labute approximate surface area is 122 Å². The molecule has 7 heteroatoms. The minimum atomic E-state index is -0.861. The van der Waals surface area contributed by atoms with Gasteiger partial charge in [0.2, 0.25) is 0 Å². The molecule has 0 aliphatic carbocycles. The summed E-state index contributed by atoms with van der Waals surface area (Å²) in [5.41, 5.74) is 0.205. The average molecular weight is 342 g/mol. The van der Waals surface area contributed by atoms with Crippen molar-refractivity contribution in [3.8, 4) is 0 Å². The largest absolute Gasteiger partial charge is 0.387 e. The highest BCUT2D eigenvalue weighted by molar-refractivity contribution is 9.10. The summed E-state index contributed by atoms with van der Waals surface area (Å²) in [6, 6.07) is 3.73. The number of hydrogen-bond donors (Lipinski definition) is 2. The van der Waals surface area contributed by atoms with Crippen LogP contribution in [0, 0.1) is 11.6 Å². The fourth-order valence-corrected chi connectivity index (χ4v) is 2.04. The molecule has 0 fully saturated rings. The molecule has 0 atom stereocenters. The summed E-state index contributed by atoms with van der Waals surface area (Å²) in [5, 5.41) is 5.01. The van der Waals surface area contributed by atoms with Gasteiger partial charge in [-0.25, -0.2) is 8.78 Å². The van der Waals surface area contributed by atoms with E-state index in [1.807, 2.05) is 0 Å². The zero-order valence-electron chi connectivity index (χ0n) is 10.4. The second-order valence-corrected chi connectivity index (χ2v) is 4.79. The van der Waals surface area contributed by atoms with Gasteiger partial charge in [-0.1, -0.05) is 15.9 Å². The Morgan fingerprint density at radius 3 is 2.55 bits per heavy atom. The van der Waals surface area contributed by atoms with Gasteiger partial charge < -0.3 is 10.6 Å². The number of anilines is 2. The highest BCUT2D eigenvalue weighted by atomic mass is 79.9. The molecule has 20 heavy (non-hydrogen) atoms. The molecule has 2 aromatic rings. The molecule has 0 radical (unpaired) electrons. The maximum absolute atomic E-state index is 13.7. The van der Waals surface area contributed by atoms with Crippen LogP contribution in [-0.2, 0) is 0 Å². The number of halogens is 3. The quantitative estimate of drug-likeness (QED) is 0.899. The van der Waals surface area contributed by atoms with E-state index in [-0.39, 0.29) is 10.0 Å². The molecule has 1 aromatic heterocycles. The summed E-state index contributed by atoms with van der Waals surface area (Å²) in [6.45, 7) is 0. The summed E-state index contributed by atoms with van der Waals surface area (Å²) >= 11 is 2.97. The van der Waals surface area contributed by atoms with Crippen molar-refractivity contribution in [1.82, 2.24) is 4.98 Å². The number of amides is 1. The van der Waals surface area contributed by atoms with E-state index in [9.17, 15) is 13.6 Å². The number of nitrogens with one attached hydrogen (secondary N) is 2. The van der Waals surface area contributed by atoms with Crippen molar-refractivity contribution in [2.45, 2.75) is 0 Å². The summed E-state index contributed by atoms with van der Waals surface area (Å²) in [6.07, 6.45) is 2.82. The minimum absolute atomic E-state index is 0.191. The van der Waals surface area contributed by atoms with Crippen molar-refractivity contribution in [2.75, 3.05) is 17.7 Å². The van der Waals surface area contributed by atoms with E-state index >= 15 is 0 Å². The number of benzene rings is 1. The molecule has 0 bridgehead atoms. The topological polar surface area (TPSA) is 54.0 Å². The van der Waals surface area contributed by atoms with Crippen molar-refractivity contribution in [3.63, 3.8) is 0 Å². The van der Waals surface area contributed by atoms with Crippen molar-refractivity contribution in [2.24, 2.45) is 0 Å². The highest BCUT2D eigenvalue weighted by Gasteiger charge is 2.16. The lowest BCUT2D eigenvalue weighted by Gasteiger charge is -2.10. The van der Waals surface area contributed by atoms with Crippen LogP contribution < -0.4 is 10.6 Å². The monoisotopic (exact) mass is 341 g/mol. The number of carbonyl (C=O) groups is 1. The lowest BCUT2D eigenvalue weighted by molar-refractivity contribution is 0.102. The number of aromatic nitrogens is 1. The summed E-state index contributed by atoms with van der Waals surface area (Å²) in [7, 11) is 1.63. The van der Waals surface area contributed by atoms with Gasteiger partial charge in [-0.15, -0.1) is 0 Å². The van der Waals surface area contributed by atoms with Gasteiger partial charge in [0, 0.05) is 29.6 Å². The van der Waals surface area contributed by atoms with Crippen LogP contribution in [0.1, 0.15) is 10.4 Å². The van der Waals surface area contributed by atoms with Crippen LogP contribution in [0.2, 0.25) is 0 Å². The van der Waals surface area contributed by atoms with Gasteiger partial charge in [-0.2, -0.15) is 0 Å². The van der Waals surface area contributed by atoms with Crippen LogP contribution in [0.25, 0.3) is 0 Å². The average Bonchev–Trinajstić information content (AvgIpc) is 2.42. The number of pyridine rings is 1. The van der Waals surface area contributed by atoms with Crippen molar-refractivity contribution >= 4 is 33.2 Å². The molecule has 0 aliphatic heterocycles. The minimum Gasteiger partial charge on any atom is -0.387 e. The van der Waals surface area contributed by atoms with Crippen LogP contribution in [-0.4, -0.2) is 17.9 Å². The molecule has 0 spiro atoms. The van der Waals surface area contributed by atoms with Gasteiger partial charge in [-0.05, 0) is 18.2 Å². The molecule has 4 nitrogen and oxygen atoms in total. The second kappa shape index (κ2) is 5.96. The Balaban J connectivity index is 2.33. The van der Waals surface area contributed by atoms with E-state index in [1.165, 1.54) is 12.4 Å². The molecule has 2 rings (SSSR count). The van der Waals surface area contributed by atoms with E-state index < -0.39 is 23.2 Å². The predicted molar refractivity (Wildman–Crippen MR) is 75.8 cm³/mol. The van der Waals surface area contributed by atoms with Crippen molar-refractivity contribution in [1.29, 1.82) is 0 Å². The molecule has 1 aromatic carbocycles. The molecule has 2 N–H and O–H groups in total. The molecular formula is C13H10BrF2N3O. The smallest absolute Gasteiger partial charge is 0.259 e. The zero-order valence-corrected chi connectivity index (χ0v) is 12.0. The van der Waals surface area contributed by atoms with Crippen molar-refractivity contribution < 1.29 is 13.6 Å². The van der Waals surface area contributed by atoms with Gasteiger partial charge in [0.1, 0.15) is 5.69 Å². The first kappa shape index (κ1) is 14.4. The van der Waals surface area contributed by atoms with E-state index in [0.717, 1.165) is 12.1 Å². The second-order valence-electron chi connectivity index (χ2n) is 3.87. The molecular weight excluding hydrogens is 332 g/mol. The SMILES string of the molecule is CNc1ccncc1C(=O)Nc1c(F)cc(Br)cc1F. The van der Waals surface area contributed by atoms with Crippen LogP contribution in [0.3, 0.4) is 0 Å². The van der Waals surface area contributed by atoms with E-state index in [1.54, 1.807) is 13.1 Å². The standard InChI is InChI=1S/C13H10BrF2N3O/c1-17-11-2-3-18-6-8(11)13(20)19-12-9(15)4-7(14)5-10(12)16/h2-6H,1H3,(H,17,18)(H,19,20). The Kier molecular flexibility index (Phi) is 4.29. The van der Waals surface area contributed by atoms with Crippen LogP contribution in [0.5, 0.6) is 0 Å². The third-order valence-corrected chi connectivity index (χ3v) is 3.04. The number of carbonyl (C=O) groups excluding carboxylic acids is 1. The van der Waals surface area contributed by atoms with Crippen LogP contribution >= 0.6 is 15.9 Å². The molecule has 0 saturated carbocycles. The van der Waals surface area contributed by atoms with Crippen LogP contribution in [0.4, 0.5) is 20.2 Å². The Morgan fingerprint density at radius 1 is 1.30 bits per heavy atom. The number of rotatable bonds is 3. The molecule has 0 aliphatic rings. The maximum atomic E-state index is 13.7. The van der Waals surface area contributed by atoms with Gasteiger partial charge >= 0.3 is 0 Å². The third kappa shape index (κ3) is 2.93. The Morgan fingerprint density at radius 2 is 1.95 bits per heavy atom. The first-order valence-electron chi connectivity index (χ1n) is 5.60. The van der Waals surface area contributed by atoms with Gasteiger partial charge in [-0.3, -0.25) is 9.78 Å². The number of nitrogens with zero attached hydrogens (tertiary/aromatic N) is 1. The van der Waals surface area contributed by atoms with E-state index in [2.05, 4.69) is 31.5 Å². The van der Waals surface area contributed by atoms with E-state index in [4.69, 9.17) is 0 Å². The fraction of sp³-hybridized carbons (Fsp3) is 0.0769. The lowest BCUT2D eigenvalue weighted by atomic mass is 10.2. The lowest BCUT2D eigenvalue weighted by Crippen LogP contribution is -2.16. The number of hydrogen-bond acceptors (Lipinski definition) is 3. The van der Waals surface area contributed by atoms with Gasteiger partial charge in [0.05, 0.1) is 5.56 Å². The molecule has 104 valence electrons. The summed E-state index contributed by atoms with van der Waals surface area (Å²) in [5.74, 6) is -2.37. The van der Waals surface area contributed by atoms with Gasteiger partial charge in [0.25, 0.3) is 5.91 Å². The van der Waals surface area contributed by atoms with Gasteiger partial charge in [0.15, 0.2) is 11.6 Å². The summed E-state index contributed by atoms with van der Waals surface area (Å²) < 4.78 is 27.6. The molecule has 0 saturated heterocycles.